The average Bonchev–Trinajstić information content (AvgIpc) is 2.74. The molecule has 1 atom stereocenters. The molecule has 4 nitrogen and oxygen atoms in total. The first kappa shape index (κ1) is 11.7. The molecule has 0 amide bonds. The quantitative estimate of drug-likeness (QED) is 0.875. The molecule has 0 radical (unpaired) electrons. The Morgan fingerprint density at radius 2 is 2.06 bits per heavy atom. The van der Waals surface area contributed by atoms with Crippen molar-refractivity contribution in [3.8, 4) is 11.5 Å². The van der Waals surface area contributed by atoms with Crippen LogP contribution in [-0.4, -0.2) is 25.0 Å². The third-order valence-corrected chi connectivity index (χ3v) is 3.44. The molecule has 0 aromatic heterocycles. The molecular weight excluding hydrogens is 230 g/mol. The molecule has 2 aliphatic rings. The highest BCUT2D eigenvalue weighted by Crippen LogP contribution is 2.35. The van der Waals surface area contributed by atoms with E-state index in [0.29, 0.717) is 12.8 Å². The lowest BCUT2D eigenvalue weighted by Gasteiger charge is -2.36. The van der Waals surface area contributed by atoms with Crippen molar-refractivity contribution in [2.24, 2.45) is 0 Å². The fraction of sp³-hybridized carbons (Fsp3) is 0.571. The summed E-state index contributed by atoms with van der Waals surface area (Å²) in [6.07, 6.45) is 2.05. The second-order valence-electron chi connectivity index (χ2n) is 5.51. The predicted octanol–water partition coefficient (Wildman–Crippen LogP) is 2.78. The molecule has 1 aromatic carbocycles. The van der Waals surface area contributed by atoms with Crippen LogP contribution in [0.1, 0.15) is 26.7 Å². The van der Waals surface area contributed by atoms with Crippen molar-refractivity contribution in [3.63, 3.8) is 0 Å². The smallest absolute Gasteiger partial charge is 0.231 e. The highest BCUT2D eigenvalue weighted by molar-refractivity contribution is 5.56. The molecule has 18 heavy (non-hydrogen) atoms. The second-order valence-corrected chi connectivity index (χ2v) is 5.51. The Balaban J connectivity index is 1.69. The Kier molecular flexibility index (Phi) is 2.82. The lowest BCUT2D eigenvalue weighted by molar-refractivity contribution is -0.0553. The molecule has 0 spiro atoms. The SMILES string of the molecule is CC1(C)CC(Nc2ccc3c(c2)OCO3)CCO1. The van der Waals surface area contributed by atoms with Crippen molar-refractivity contribution in [2.45, 2.75) is 38.3 Å². The first-order valence-corrected chi connectivity index (χ1v) is 6.43. The van der Waals surface area contributed by atoms with E-state index in [-0.39, 0.29) is 5.60 Å². The number of nitrogens with one attached hydrogen (secondary N) is 1. The average molecular weight is 249 g/mol. The monoisotopic (exact) mass is 249 g/mol. The van der Waals surface area contributed by atoms with Gasteiger partial charge in [0.05, 0.1) is 5.60 Å². The number of rotatable bonds is 2. The van der Waals surface area contributed by atoms with Crippen LogP contribution in [0, 0.1) is 0 Å². The van der Waals surface area contributed by atoms with Gasteiger partial charge in [-0.25, -0.2) is 0 Å². The summed E-state index contributed by atoms with van der Waals surface area (Å²) >= 11 is 0. The van der Waals surface area contributed by atoms with Gasteiger partial charge in [-0.15, -0.1) is 0 Å². The maximum Gasteiger partial charge on any atom is 0.231 e. The number of anilines is 1. The van der Waals surface area contributed by atoms with Gasteiger partial charge in [-0.2, -0.15) is 0 Å². The van der Waals surface area contributed by atoms with Crippen molar-refractivity contribution in [2.75, 3.05) is 18.7 Å². The van der Waals surface area contributed by atoms with Crippen LogP contribution in [0.5, 0.6) is 11.5 Å². The molecule has 0 saturated carbocycles. The first-order valence-electron chi connectivity index (χ1n) is 6.43. The summed E-state index contributed by atoms with van der Waals surface area (Å²) in [6.45, 7) is 5.42. The molecule has 0 bridgehead atoms. The second kappa shape index (κ2) is 4.35. The minimum absolute atomic E-state index is 0.0355. The standard InChI is InChI=1S/C14H19NO3/c1-14(2)8-11(5-6-18-14)15-10-3-4-12-13(7-10)17-9-16-12/h3-4,7,11,15H,5-6,8-9H2,1-2H3. The van der Waals surface area contributed by atoms with Crippen molar-refractivity contribution in [3.05, 3.63) is 18.2 Å². The third kappa shape index (κ3) is 2.38. The van der Waals surface area contributed by atoms with E-state index in [1.165, 1.54) is 0 Å². The summed E-state index contributed by atoms with van der Waals surface area (Å²) in [4.78, 5) is 0. The van der Waals surface area contributed by atoms with Crippen molar-refractivity contribution < 1.29 is 14.2 Å². The normalized spacial score (nSPS) is 24.9. The summed E-state index contributed by atoms with van der Waals surface area (Å²) in [5.74, 6) is 1.65. The zero-order valence-corrected chi connectivity index (χ0v) is 10.9. The minimum Gasteiger partial charge on any atom is -0.454 e. The highest BCUT2D eigenvalue weighted by atomic mass is 16.7. The molecule has 1 N–H and O–H groups in total. The molecular formula is C14H19NO3. The zero-order chi connectivity index (χ0) is 12.6. The summed E-state index contributed by atoms with van der Waals surface area (Å²) in [5, 5.41) is 3.55. The fourth-order valence-electron chi connectivity index (χ4n) is 2.58. The number of ether oxygens (including phenoxy) is 3. The summed E-state index contributed by atoms with van der Waals surface area (Å²) in [7, 11) is 0. The maximum absolute atomic E-state index is 5.72. The number of hydrogen-bond donors (Lipinski definition) is 1. The molecule has 1 fully saturated rings. The van der Waals surface area contributed by atoms with Crippen LogP contribution >= 0.6 is 0 Å². The van der Waals surface area contributed by atoms with Crippen LogP contribution in [0.4, 0.5) is 5.69 Å². The lowest BCUT2D eigenvalue weighted by Crippen LogP contribution is -2.40. The first-order chi connectivity index (χ1) is 8.62. The van der Waals surface area contributed by atoms with Crippen LogP contribution in [0.25, 0.3) is 0 Å². The Bertz CT molecular complexity index is 445. The molecule has 3 rings (SSSR count). The van der Waals surface area contributed by atoms with Gasteiger partial charge in [0, 0.05) is 24.4 Å². The topological polar surface area (TPSA) is 39.7 Å². The molecule has 4 heteroatoms. The van der Waals surface area contributed by atoms with E-state index in [1.54, 1.807) is 0 Å². The lowest BCUT2D eigenvalue weighted by atomic mass is 9.94. The Labute approximate surface area is 107 Å². The Hall–Kier alpha value is -1.42. The molecule has 0 aliphatic carbocycles. The minimum atomic E-state index is -0.0355. The Morgan fingerprint density at radius 1 is 1.22 bits per heavy atom. The van der Waals surface area contributed by atoms with Gasteiger partial charge in [0.2, 0.25) is 6.79 Å². The summed E-state index contributed by atoms with van der Waals surface area (Å²) < 4.78 is 16.4. The van der Waals surface area contributed by atoms with Gasteiger partial charge in [0.25, 0.3) is 0 Å². The molecule has 1 saturated heterocycles. The largest absolute Gasteiger partial charge is 0.454 e. The van der Waals surface area contributed by atoms with Gasteiger partial charge in [-0.05, 0) is 38.8 Å². The molecule has 1 unspecified atom stereocenters. The van der Waals surface area contributed by atoms with E-state index in [1.807, 2.05) is 18.2 Å². The summed E-state index contributed by atoms with van der Waals surface area (Å²) in [6, 6.07) is 6.45. The van der Waals surface area contributed by atoms with E-state index in [0.717, 1.165) is 36.6 Å². The predicted molar refractivity (Wildman–Crippen MR) is 69.2 cm³/mol. The molecule has 2 aliphatic heterocycles. The van der Waals surface area contributed by atoms with Crippen LogP contribution < -0.4 is 14.8 Å². The van der Waals surface area contributed by atoms with Gasteiger partial charge in [-0.3, -0.25) is 0 Å². The number of benzene rings is 1. The van der Waals surface area contributed by atoms with Crippen molar-refractivity contribution in [1.29, 1.82) is 0 Å². The number of fused-ring (bicyclic) bond motifs is 1. The Morgan fingerprint density at radius 3 is 2.89 bits per heavy atom. The van der Waals surface area contributed by atoms with Crippen molar-refractivity contribution >= 4 is 5.69 Å². The number of hydrogen-bond acceptors (Lipinski definition) is 4. The van der Waals surface area contributed by atoms with Gasteiger partial charge in [0.1, 0.15) is 0 Å². The zero-order valence-electron chi connectivity index (χ0n) is 10.9. The molecule has 98 valence electrons. The van der Waals surface area contributed by atoms with Gasteiger partial charge >= 0.3 is 0 Å². The van der Waals surface area contributed by atoms with E-state index in [9.17, 15) is 0 Å². The maximum atomic E-state index is 5.72. The van der Waals surface area contributed by atoms with Gasteiger partial charge < -0.3 is 19.5 Å². The van der Waals surface area contributed by atoms with Crippen LogP contribution in [-0.2, 0) is 4.74 Å². The highest BCUT2D eigenvalue weighted by Gasteiger charge is 2.28. The van der Waals surface area contributed by atoms with E-state index < -0.39 is 0 Å². The van der Waals surface area contributed by atoms with Gasteiger partial charge in [0.15, 0.2) is 11.5 Å². The van der Waals surface area contributed by atoms with Crippen LogP contribution in [0.3, 0.4) is 0 Å². The van der Waals surface area contributed by atoms with E-state index in [4.69, 9.17) is 14.2 Å². The van der Waals surface area contributed by atoms with Gasteiger partial charge in [-0.1, -0.05) is 0 Å². The van der Waals surface area contributed by atoms with Crippen LogP contribution in [0.2, 0.25) is 0 Å². The van der Waals surface area contributed by atoms with E-state index >= 15 is 0 Å². The van der Waals surface area contributed by atoms with Crippen molar-refractivity contribution in [1.82, 2.24) is 0 Å². The van der Waals surface area contributed by atoms with Crippen LogP contribution in [0.15, 0.2) is 18.2 Å². The molecule has 1 aromatic rings. The van der Waals surface area contributed by atoms with E-state index in [2.05, 4.69) is 19.2 Å². The molecule has 2 heterocycles. The summed E-state index contributed by atoms with van der Waals surface area (Å²) in [5.41, 5.74) is 1.05. The fourth-order valence-corrected chi connectivity index (χ4v) is 2.58. The third-order valence-electron chi connectivity index (χ3n) is 3.44.